The third-order valence-electron chi connectivity index (χ3n) is 5.12. The Kier molecular flexibility index (Phi) is 5.61. The number of carbonyl (C=O) groups excluding carboxylic acids is 1. The van der Waals surface area contributed by atoms with Crippen LogP contribution in [0.25, 0.3) is 0 Å². The highest BCUT2D eigenvalue weighted by molar-refractivity contribution is 7.89. The van der Waals surface area contributed by atoms with Crippen molar-refractivity contribution in [1.82, 2.24) is 9.21 Å². The summed E-state index contributed by atoms with van der Waals surface area (Å²) in [6.07, 6.45) is 0.740. The monoisotopic (exact) mass is 427 g/mol. The molecular formula is C21H21N3O5S. The fourth-order valence-electron chi connectivity index (χ4n) is 3.49. The number of carbonyl (C=O) groups is 1. The summed E-state index contributed by atoms with van der Waals surface area (Å²) >= 11 is 0. The highest BCUT2D eigenvalue weighted by atomic mass is 32.2. The Hall–Kier alpha value is -3.09. The Balaban J connectivity index is 1.46. The molecule has 2 aliphatic rings. The maximum absolute atomic E-state index is 13.1. The molecular weight excluding hydrogens is 406 g/mol. The average molecular weight is 427 g/mol. The molecule has 0 spiro atoms. The number of nitrogens with zero attached hydrogens (tertiary/aromatic N) is 3. The van der Waals surface area contributed by atoms with Gasteiger partial charge in [0, 0.05) is 44.2 Å². The number of benzene rings is 2. The summed E-state index contributed by atoms with van der Waals surface area (Å²) in [6, 6.07) is 13.2. The molecule has 1 amide bonds. The van der Waals surface area contributed by atoms with Gasteiger partial charge in [-0.1, -0.05) is 6.07 Å². The molecule has 4 rings (SSSR count). The van der Waals surface area contributed by atoms with Crippen molar-refractivity contribution >= 4 is 15.9 Å². The first-order valence-corrected chi connectivity index (χ1v) is 11.1. The normalized spacial score (nSPS) is 17.1. The minimum Gasteiger partial charge on any atom is -0.490 e. The van der Waals surface area contributed by atoms with E-state index < -0.39 is 10.0 Å². The van der Waals surface area contributed by atoms with Gasteiger partial charge in [0.1, 0.15) is 0 Å². The topological polar surface area (TPSA) is 99.9 Å². The van der Waals surface area contributed by atoms with Crippen LogP contribution in [0.3, 0.4) is 0 Å². The lowest BCUT2D eigenvalue weighted by Gasteiger charge is -2.34. The molecule has 2 aromatic carbocycles. The fraction of sp³-hybridized carbons (Fsp3) is 0.333. The third kappa shape index (κ3) is 3.97. The van der Waals surface area contributed by atoms with Gasteiger partial charge in [-0.15, -0.1) is 0 Å². The Morgan fingerprint density at radius 3 is 2.43 bits per heavy atom. The lowest BCUT2D eigenvalue weighted by Crippen LogP contribution is -2.50. The molecule has 0 saturated carbocycles. The van der Waals surface area contributed by atoms with E-state index >= 15 is 0 Å². The number of hydrogen-bond acceptors (Lipinski definition) is 6. The predicted molar refractivity (Wildman–Crippen MR) is 108 cm³/mol. The predicted octanol–water partition coefficient (Wildman–Crippen LogP) is 1.87. The van der Waals surface area contributed by atoms with Crippen molar-refractivity contribution in [3.8, 4) is 17.6 Å². The van der Waals surface area contributed by atoms with E-state index in [9.17, 15) is 13.2 Å². The number of fused-ring (bicyclic) bond motifs is 1. The second kappa shape index (κ2) is 8.34. The minimum absolute atomic E-state index is 0.147. The average Bonchev–Trinajstić information content (AvgIpc) is 3.03. The van der Waals surface area contributed by atoms with Gasteiger partial charge in [-0.3, -0.25) is 4.79 Å². The number of ether oxygens (including phenoxy) is 2. The maximum Gasteiger partial charge on any atom is 0.253 e. The number of amides is 1. The molecule has 156 valence electrons. The summed E-state index contributed by atoms with van der Waals surface area (Å²) in [5, 5.41) is 9.01. The quantitative estimate of drug-likeness (QED) is 0.741. The van der Waals surface area contributed by atoms with Gasteiger partial charge < -0.3 is 14.4 Å². The van der Waals surface area contributed by atoms with Crippen LogP contribution in [0.4, 0.5) is 0 Å². The van der Waals surface area contributed by atoms with Crippen molar-refractivity contribution in [3.05, 3.63) is 53.6 Å². The molecule has 9 heteroatoms. The maximum atomic E-state index is 13.1. The van der Waals surface area contributed by atoms with E-state index in [-0.39, 0.29) is 37.0 Å². The summed E-state index contributed by atoms with van der Waals surface area (Å²) in [7, 11) is -3.72. The van der Waals surface area contributed by atoms with Crippen LogP contribution in [0.1, 0.15) is 22.3 Å². The molecule has 0 bridgehead atoms. The summed E-state index contributed by atoms with van der Waals surface area (Å²) in [5.74, 6) is 0.765. The van der Waals surface area contributed by atoms with E-state index in [0.717, 1.165) is 6.42 Å². The molecule has 0 aliphatic carbocycles. The summed E-state index contributed by atoms with van der Waals surface area (Å²) in [6.45, 7) is 1.95. The van der Waals surface area contributed by atoms with E-state index in [1.54, 1.807) is 35.2 Å². The van der Waals surface area contributed by atoms with Gasteiger partial charge in [0.25, 0.3) is 5.91 Å². The second-order valence-corrected chi connectivity index (χ2v) is 8.99. The van der Waals surface area contributed by atoms with E-state index in [2.05, 4.69) is 0 Å². The summed E-state index contributed by atoms with van der Waals surface area (Å²) in [4.78, 5) is 14.5. The Morgan fingerprint density at radius 2 is 1.70 bits per heavy atom. The number of sulfonamides is 1. The smallest absolute Gasteiger partial charge is 0.253 e. The van der Waals surface area contributed by atoms with Gasteiger partial charge in [-0.2, -0.15) is 9.57 Å². The van der Waals surface area contributed by atoms with Gasteiger partial charge in [-0.25, -0.2) is 8.42 Å². The molecule has 8 nitrogen and oxygen atoms in total. The van der Waals surface area contributed by atoms with E-state index in [4.69, 9.17) is 14.7 Å². The molecule has 1 saturated heterocycles. The second-order valence-electron chi connectivity index (χ2n) is 7.05. The molecule has 1 fully saturated rings. The minimum atomic E-state index is -3.72. The van der Waals surface area contributed by atoms with Crippen molar-refractivity contribution in [2.45, 2.75) is 11.3 Å². The van der Waals surface area contributed by atoms with Gasteiger partial charge in [0.05, 0.1) is 29.7 Å². The van der Waals surface area contributed by atoms with E-state index in [1.165, 1.54) is 16.4 Å². The highest BCUT2D eigenvalue weighted by Crippen LogP contribution is 2.33. The zero-order valence-corrected chi connectivity index (χ0v) is 17.1. The molecule has 0 radical (unpaired) electrons. The van der Waals surface area contributed by atoms with E-state index in [0.29, 0.717) is 35.8 Å². The van der Waals surface area contributed by atoms with Crippen LogP contribution in [-0.2, 0) is 10.0 Å². The third-order valence-corrected chi connectivity index (χ3v) is 7.02. The molecule has 2 aromatic rings. The molecule has 2 aliphatic heterocycles. The first-order chi connectivity index (χ1) is 14.5. The highest BCUT2D eigenvalue weighted by Gasteiger charge is 2.31. The number of nitriles is 1. The zero-order valence-electron chi connectivity index (χ0n) is 16.3. The Morgan fingerprint density at radius 1 is 0.967 bits per heavy atom. The van der Waals surface area contributed by atoms with Crippen LogP contribution in [0, 0.1) is 11.3 Å². The molecule has 0 unspecified atom stereocenters. The zero-order chi connectivity index (χ0) is 21.1. The lowest BCUT2D eigenvalue weighted by atomic mass is 10.1. The van der Waals surface area contributed by atoms with Gasteiger partial charge in [-0.05, 0) is 30.3 Å². The van der Waals surface area contributed by atoms with Crippen molar-refractivity contribution in [2.75, 3.05) is 39.4 Å². The van der Waals surface area contributed by atoms with Crippen molar-refractivity contribution < 1.29 is 22.7 Å². The van der Waals surface area contributed by atoms with Crippen molar-refractivity contribution in [3.63, 3.8) is 0 Å². The summed E-state index contributed by atoms with van der Waals surface area (Å²) < 4.78 is 38.7. The van der Waals surface area contributed by atoms with Crippen LogP contribution in [0.5, 0.6) is 11.5 Å². The van der Waals surface area contributed by atoms with Crippen LogP contribution >= 0.6 is 0 Å². The Bertz CT molecular complexity index is 1100. The van der Waals surface area contributed by atoms with Crippen molar-refractivity contribution in [1.29, 1.82) is 5.26 Å². The first kappa shape index (κ1) is 20.2. The Labute approximate surface area is 175 Å². The number of rotatable bonds is 3. The van der Waals surface area contributed by atoms with Gasteiger partial charge in [0.15, 0.2) is 11.5 Å². The van der Waals surface area contributed by atoms with Crippen molar-refractivity contribution in [2.24, 2.45) is 0 Å². The van der Waals surface area contributed by atoms with Crippen LogP contribution in [0.2, 0.25) is 0 Å². The molecule has 0 aromatic heterocycles. The molecule has 0 atom stereocenters. The summed E-state index contributed by atoms with van der Waals surface area (Å²) in [5.41, 5.74) is 0.838. The standard InChI is InChI=1S/C21H21N3O5S/c22-15-16-3-1-4-17(13-16)21(25)23-7-9-24(10-8-23)30(26,27)18-5-6-19-20(14-18)29-12-2-11-28-19/h1,3-6,13-14H,2,7-12H2. The van der Waals surface area contributed by atoms with Crippen LogP contribution < -0.4 is 9.47 Å². The molecule has 2 heterocycles. The lowest BCUT2D eigenvalue weighted by molar-refractivity contribution is 0.0698. The SMILES string of the molecule is N#Cc1cccc(C(=O)N2CCN(S(=O)(=O)c3ccc4c(c3)OCCCO4)CC2)c1. The van der Waals surface area contributed by atoms with Crippen LogP contribution in [0.15, 0.2) is 47.4 Å². The number of piperazine rings is 1. The van der Waals surface area contributed by atoms with Gasteiger partial charge in [0.2, 0.25) is 10.0 Å². The first-order valence-electron chi connectivity index (χ1n) is 9.68. The molecule has 0 N–H and O–H groups in total. The largest absolute Gasteiger partial charge is 0.490 e. The van der Waals surface area contributed by atoms with Crippen LogP contribution in [-0.4, -0.2) is 62.9 Å². The van der Waals surface area contributed by atoms with Gasteiger partial charge >= 0.3 is 0 Å². The molecule has 30 heavy (non-hydrogen) atoms. The van der Waals surface area contributed by atoms with E-state index in [1.807, 2.05) is 6.07 Å². The fourth-order valence-corrected chi connectivity index (χ4v) is 4.93. The number of hydrogen-bond donors (Lipinski definition) is 0.